The molecule has 22 heavy (non-hydrogen) atoms. The molecule has 0 saturated heterocycles. The number of benzene rings is 2. The van der Waals surface area contributed by atoms with Crippen LogP contribution in [0.3, 0.4) is 0 Å². The summed E-state index contributed by atoms with van der Waals surface area (Å²) in [5, 5.41) is 0. The molecule has 0 bridgehead atoms. The van der Waals surface area contributed by atoms with Crippen molar-refractivity contribution < 1.29 is 9.53 Å². The lowest BCUT2D eigenvalue weighted by Crippen LogP contribution is -2.32. The van der Waals surface area contributed by atoms with Crippen molar-refractivity contribution in [3.05, 3.63) is 71.8 Å². The van der Waals surface area contributed by atoms with Crippen molar-refractivity contribution >= 4 is 6.09 Å². The highest BCUT2D eigenvalue weighted by Gasteiger charge is 2.14. The summed E-state index contributed by atoms with van der Waals surface area (Å²) in [4.78, 5) is 14.0. The summed E-state index contributed by atoms with van der Waals surface area (Å²) < 4.78 is 5.42. The van der Waals surface area contributed by atoms with Crippen LogP contribution in [0.15, 0.2) is 60.7 Å². The van der Waals surface area contributed by atoms with Crippen LogP contribution in [0.1, 0.15) is 24.5 Å². The highest BCUT2D eigenvalue weighted by Crippen LogP contribution is 2.08. The molecule has 1 amide bonds. The molecule has 0 aromatic heterocycles. The first-order chi connectivity index (χ1) is 10.8. The van der Waals surface area contributed by atoms with Crippen LogP contribution in [-0.2, 0) is 17.7 Å². The van der Waals surface area contributed by atoms with Crippen molar-refractivity contribution in [1.29, 1.82) is 0 Å². The summed E-state index contributed by atoms with van der Waals surface area (Å²) in [7, 11) is 0. The molecule has 0 spiro atoms. The zero-order valence-electron chi connectivity index (χ0n) is 13.1. The van der Waals surface area contributed by atoms with Gasteiger partial charge in [-0.25, -0.2) is 4.79 Å². The van der Waals surface area contributed by atoms with E-state index in [1.165, 1.54) is 5.56 Å². The van der Waals surface area contributed by atoms with Crippen LogP contribution in [-0.4, -0.2) is 24.1 Å². The first-order valence-electron chi connectivity index (χ1n) is 7.79. The van der Waals surface area contributed by atoms with Crippen LogP contribution in [0.4, 0.5) is 4.79 Å². The number of ether oxygens (including phenoxy) is 1. The normalized spacial score (nSPS) is 10.2. The number of hydrogen-bond donors (Lipinski definition) is 0. The van der Waals surface area contributed by atoms with Crippen molar-refractivity contribution in [2.24, 2.45) is 0 Å². The molecule has 0 aliphatic rings. The van der Waals surface area contributed by atoms with Gasteiger partial charge in [0.25, 0.3) is 0 Å². The highest BCUT2D eigenvalue weighted by molar-refractivity contribution is 5.67. The van der Waals surface area contributed by atoms with Gasteiger partial charge < -0.3 is 9.64 Å². The maximum absolute atomic E-state index is 12.2. The van der Waals surface area contributed by atoms with E-state index in [4.69, 9.17) is 4.74 Å². The molecule has 0 N–H and O–H groups in total. The SMILES string of the molecule is CCCN(Cc1ccccc1)C(=O)OCCc1ccccc1. The van der Waals surface area contributed by atoms with E-state index in [1.54, 1.807) is 4.90 Å². The number of rotatable bonds is 7. The van der Waals surface area contributed by atoms with Crippen molar-refractivity contribution in [2.45, 2.75) is 26.3 Å². The van der Waals surface area contributed by atoms with E-state index in [0.29, 0.717) is 19.7 Å². The number of amides is 1. The van der Waals surface area contributed by atoms with E-state index >= 15 is 0 Å². The molecule has 0 atom stereocenters. The largest absolute Gasteiger partial charge is 0.449 e. The lowest BCUT2D eigenvalue weighted by Gasteiger charge is -2.21. The van der Waals surface area contributed by atoms with E-state index in [2.05, 4.69) is 6.92 Å². The van der Waals surface area contributed by atoms with E-state index in [-0.39, 0.29) is 6.09 Å². The van der Waals surface area contributed by atoms with E-state index < -0.39 is 0 Å². The molecule has 2 aromatic rings. The average molecular weight is 297 g/mol. The molecule has 0 radical (unpaired) electrons. The zero-order valence-corrected chi connectivity index (χ0v) is 13.1. The Morgan fingerprint density at radius 3 is 2.14 bits per heavy atom. The van der Waals surface area contributed by atoms with Gasteiger partial charge in [0.2, 0.25) is 0 Å². The molecule has 0 aliphatic heterocycles. The van der Waals surface area contributed by atoms with Gasteiger partial charge in [-0.1, -0.05) is 67.6 Å². The predicted octanol–water partition coefficient (Wildman–Crippen LogP) is 4.28. The molecule has 116 valence electrons. The number of carbonyl (C=O) groups excluding carboxylic acids is 1. The standard InChI is InChI=1S/C19H23NO2/c1-2-14-20(16-18-11-7-4-8-12-18)19(21)22-15-13-17-9-5-3-6-10-17/h3-12H,2,13-16H2,1H3. The second-order valence-corrected chi connectivity index (χ2v) is 5.26. The van der Waals surface area contributed by atoms with Gasteiger partial charge in [-0.15, -0.1) is 0 Å². The molecule has 0 unspecified atom stereocenters. The van der Waals surface area contributed by atoms with Crippen LogP contribution in [0.25, 0.3) is 0 Å². The Morgan fingerprint density at radius 1 is 0.955 bits per heavy atom. The number of nitrogens with zero attached hydrogens (tertiary/aromatic N) is 1. The fourth-order valence-corrected chi connectivity index (χ4v) is 2.30. The van der Waals surface area contributed by atoms with Gasteiger partial charge in [0.1, 0.15) is 0 Å². The Bertz CT molecular complexity index is 554. The first-order valence-corrected chi connectivity index (χ1v) is 7.79. The minimum absolute atomic E-state index is 0.235. The predicted molar refractivity (Wildman–Crippen MR) is 88.6 cm³/mol. The van der Waals surface area contributed by atoms with Gasteiger partial charge in [-0.3, -0.25) is 0 Å². The maximum Gasteiger partial charge on any atom is 0.410 e. The molecule has 0 heterocycles. The Balaban J connectivity index is 1.84. The van der Waals surface area contributed by atoms with Crippen LogP contribution < -0.4 is 0 Å². The molecule has 0 fully saturated rings. The Hall–Kier alpha value is -2.29. The number of carbonyl (C=O) groups is 1. The van der Waals surface area contributed by atoms with Gasteiger partial charge in [0.05, 0.1) is 6.61 Å². The molecule has 2 rings (SSSR count). The van der Waals surface area contributed by atoms with Crippen LogP contribution in [0, 0.1) is 0 Å². The Kier molecular flexibility index (Phi) is 6.49. The average Bonchev–Trinajstić information content (AvgIpc) is 2.56. The lowest BCUT2D eigenvalue weighted by atomic mass is 10.2. The molecule has 0 aliphatic carbocycles. The fourth-order valence-electron chi connectivity index (χ4n) is 2.30. The van der Waals surface area contributed by atoms with E-state index in [9.17, 15) is 4.79 Å². The summed E-state index contributed by atoms with van der Waals surface area (Å²) in [5.41, 5.74) is 2.30. The van der Waals surface area contributed by atoms with Gasteiger partial charge in [0, 0.05) is 19.5 Å². The van der Waals surface area contributed by atoms with Crippen LogP contribution >= 0.6 is 0 Å². The van der Waals surface area contributed by atoms with Crippen LogP contribution in [0.2, 0.25) is 0 Å². The third-order valence-corrected chi connectivity index (χ3v) is 3.43. The molecule has 2 aromatic carbocycles. The third-order valence-electron chi connectivity index (χ3n) is 3.43. The molecular weight excluding hydrogens is 274 g/mol. The van der Waals surface area contributed by atoms with Crippen molar-refractivity contribution in [1.82, 2.24) is 4.90 Å². The smallest absolute Gasteiger partial charge is 0.410 e. The summed E-state index contributed by atoms with van der Waals surface area (Å²) >= 11 is 0. The summed E-state index contributed by atoms with van der Waals surface area (Å²) in [5.74, 6) is 0. The van der Waals surface area contributed by atoms with Crippen molar-refractivity contribution in [3.8, 4) is 0 Å². The minimum Gasteiger partial charge on any atom is -0.449 e. The maximum atomic E-state index is 12.2. The van der Waals surface area contributed by atoms with Gasteiger partial charge in [-0.2, -0.15) is 0 Å². The summed E-state index contributed by atoms with van der Waals surface area (Å²) in [6.45, 7) is 3.78. The lowest BCUT2D eigenvalue weighted by molar-refractivity contribution is 0.101. The first kappa shape index (κ1) is 16.1. The second-order valence-electron chi connectivity index (χ2n) is 5.26. The summed E-state index contributed by atoms with van der Waals surface area (Å²) in [6, 6.07) is 20.1. The molecule has 3 heteroatoms. The van der Waals surface area contributed by atoms with E-state index in [0.717, 1.165) is 18.4 Å². The molecule has 3 nitrogen and oxygen atoms in total. The summed E-state index contributed by atoms with van der Waals surface area (Å²) in [6.07, 6.45) is 1.43. The van der Waals surface area contributed by atoms with Crippen LogP contribution in [0.5, 0.6) is 0 Å². The van der Waals surface area contributed by atoms with Gasteiger partial charge in [0.15, 0.2) is 0 Å². The topological polar surface area (TPSA) is 29.5 Å². The third kappa shape index (κ3) is 5.24. The molecular formula is C19H23NO2. The zero-order chi connectivity index (χ0) is 15.6. The minimum atomic E-state index is -0.235. The van der Waals surface area contributed by atoms with Crippen molar-refractivity contribution in [2.75, 3.05) is 13.2 Å². The van der Waals surface area contributed by atoms with E-state index in [1.807, 2.05) is 60.7 Å². The molecule has 0 saturated carbocycles. The monoisotopic (exact) mass is 297 g/mol. The van der Waals surface area contributed by atoms with Gasteiger partial charge >= 0.3 is 6.09 Å². The quantitative estimate of drug-likeness (QED) is 0.763. The fraction of sp³-hybridized carbons (Fsp3) is 0.316. The van der Waals surface area contributed by atoms with Gasteiger partial charge in [-0.05, 0) is 17.5 Å². The Morgan fingerprint density at radius 2 is 1.55 bits per heavy atom. The van der Waals surface area contributed by atoms with Crippen molar-refractivity contribution in [3.63, 3.8) is 0 Å². The second kappa shape index (κ2) is 8.88. The number of hydrogen-bond acceptors (Lipinski definition) is 2. The highest BCUT2D eigenvalue weighted by atomic mass is 16.6. The Labute approximate surface area is 132 Å².